The van der Waals surface area contributed by atoms with Crippen LogP contribution < -0.4 is 15.4 Å². The minimum absolute atomic E-state index is 0.0176. The Kier molecular flexibility index (Phi) is 7.34. The van der Waals surface area contributed by atoms with Gasteiger partial charge in [0.1, 0.15) is 6.07 Å². The zero-order valence-corrected chi connectivity index (χ0v) is 22.7. The number of ether oxygens (including phenoxy) is 1. The Morgan fingerprint density at radius 1 is 1.10 bits per heavy atom. The SMILES string of the molecule is CC1(CNC(=O)[C@H]2[C@@H]3CC[C@@H](C3)[C@H]2NC(=O)c2cc(OC3CCC(C)(C(=O)O)CC3)c(F)cc2C#N)CCC1. The third-order valence-electron chi connectivity index (χ3n) is 10.1. The number of hydrogen-bond donors (Lipinski definition) is 3. The lowest BCUT2D eigenvalue weighted by Crippen LogP contribution is -2.51. The highest BCUT2D eigenvalue weighted by atomic mass is 19.1. The molecule has 39 heavy (non-hydrogen) atoms. The van der Waals surface area contributed by atoms with Crippen LogP contribution in [0.25, 0.3) is 0 Å². The highest BCUT2D eigenvalue weighted by molar-refractivity contribution is 5.97. The molecule has 0 aromatic heterocycles. The number of carboxylic acids is 1. The van der Waals surface area contributed by atoms with E-state index in [2.05, 4.69) is 17.6 Å². The minimum atomic E-state index is -0.853. The van der Waals surface area contributed by atoms with Gasteiger partial charge in [-0.2, -0.15) is 5.26 Å². The van der Waals surface area contributed by atoms with Gasteiger partial charge in [-0.15, -0.1) is 0 Å². The van der Waals surface area contributed by atoms with E-state index in [-0.39, 0.29) is 58.1 Å². The number of carbonyl (C=O) groups is 3. The van der Waals surface area contributed by atoms with Gasteiger partial charge in [0.25, 0.3) is 5.91 Å². The van der Waals surface area contributed by atoms with Crippen molar-refractivity contribution in [1.29, 1.82) is 5.26 Å². The molecular formula is C30H38FN3O5. The van der Waals surface area contributed by atoms with Gasteiger partial charge in [-0.05, 0) is 94.1 Å². The lowest BCUT2D eigenvalue weighted by Gasteiger charge is -2.39. The van der Waals surface area contributed by atoms with E-state index < -0.39 is 23.1 Å². The van der Waals surface area contributed by atoms with Crippen molar-refractivity contribution in [3.8, 4) is 11.8 Å². The maximum atomic E-state index is 14.9. The molecule has 210 valence electrons. The zero-order valence-electron chi connectivity index (χ0n) is 22.7. The fraction of sp³-hybridized carbons (Fsp3) is 0.667. The van der Waals surface area contributed by atoms with E-state index >= 15 is 0 Å². The maximum absolute atomic E-state index is 14.9. The summed E-state index contributed by atoms with van der Waals surface area (Å²) in [5.74, 6) is -2.15. The molecule has 0 aliphatic heterocycles. The number of nitrogens with zero attached hydrogens (tertiary/aromatic N) is 1. The molecule has 8 nitrogen and oxygen atoms in total. The van der Waals surface area contributed by atoms with E-state index in [0.29, 0.717) is 32.2 Å². The van der Waals surface area contributed by atoms with Crippen LogP contribution in [-0.2, 0) is 9.59 Å². The average molecular weight is 540 g/mol. The molecular weight excluding hydrogens is 501 g/mol. The maximum Gasteiger partial charge on any atom is 0.309 e. The van der Waals surface area contributed by atoms with Crippen molar-refractivity contribution in [1.82, 2.24) is 10.6 Å². The predicted octanol–water partition coefficient (Wildman–Crippen LogP) is 4.56. The van der Waals surface area contributed by atoms with Crippen LogP contribution in [0.3, 0.4) is 0 Å². The van der Waals surface area contributed by atoms with E-state index in [9.17, 15) is 29.1 Å². The van der Waals surface area contributed by atoms with Gasteiger partial charge >= 0.3 is 5.97 Å². The lowest BCUT2D eigenvalue weighted by molar-refractivity contribution is -0.150. The fourth-order valence-corrected chi connectivity index (χ4v) is 7.14. The van der Waals surface area contributed by atoms with Gasteiger partial charge in [0.15, 0.2) is 11.6 Å². The first-order valence-corrected chi connectivity index (χ1v) is 14.2. The molecule has 3 N–H and O–H groups in total. The Hall–Kier alpha value is -3.15. The van der Waals surface area contributed by atoms with Gasteiger partial charge in [0, 0.05) is 12.6 Å². The van der Waals surface area contributed by atoms with Crippen molar-refractivity contribution in [2.75, 3.05) is 6.54 Å². The molecule has 1 aromatic carbocycles. The molecule has 1 aromatic rings. The van der Waals surface area contributed by atoms with E-state index in [1.165, 1.54) is 12.5 Å². The third kappa shape index (κ3) is 5.35. The quantitative estimate of drug-likeness (QED) is 0.444. The van der Waals surface area contributed by atoms with E-state index in [1.54, 1.807) is 6.92 Å². The third-order valence-corrected chi connectivity index (χ3v) is 10.1. The average Bonchev–Trinajstić information content (AvgIpc) is 3.50. The van der Waals surface area contributed by atoms with Crippen LogP contribution in [-0.4, -0.2) is 41.6 Å². The Morgan fingerprint density at radius 3 is 2.41 bits per heavy atom. The molecule has 0 radical (unpaired) electrons. The standard InChI is InChI=1S/C30H38FN3O5/c1-29(8-3-9-29)16-33-27(36)24-17-4-5-18(12-17)25(24)34-26(35)21-14-23(22(31)13-19(21)15-32)39-20-6-10-30(2,11-7-20)28(37)38/h13-14,17-18,20,24-25H,3-12,16H2,1-2H3,(H,33,36)(H,34,35)(H,37,38)/t17-,18+,20?,24+,25-,30?/m1/s1. The van der Waals surface area contributed by atoms with Gasteiger partial charge in [0.2, 0.25) is 5.91 Å². The summed E-state index contributed by atoms with van der Waals surface area (Å²) in [6.45, 7) is 4.53. The van der Waals surface area contributed by atoms with Crippen molar-refractivity contribution in [2.24, 2.45) is 28.6 Å². The number of halogens is 1. The van der Waals surface area contributed by atoms with Gasteiger partial charge in [-0.1, -0.05) is 13.3 Å². The molecule has 9 heteroatoms. The van der Waals surface area contributed by atoms with Crippen molar-refractivity contribution >= 4 is 17.8 Å². The normalized spacial score (nSPS) is 32.5. The molecule has 4 aliphatic carbocycles. The van der Waals surface area contributed by atoms with E-state index in [4.69, 9.17) is 4.74 Å². The number of aliphatic carboxylic acids is 1. The van der Waals surface area contributed by atoms with Crippen LogP contribution in [0.4, 0.5) is 4.39 Å². The highest BCUT2D eigenvalue weighted by Gasteiger charge is 2.51. The molecule has 0 heterocycles. The molecule has 5 rings (SSSR count). The van der Waals surface area contributed by atoms with Gasteiger partial charge in [0.05, 0.1) is 28.6 Å². The predicted molar refractivity (Wildman–Crippen MR) is 140 cm³/mol. The molecule has 4 fully saturated rings. The fourth-order valence-electron chi connectivity index (χ4n) is 7.14. The van der Waals surface area contributed by atoms with Crippen molar-refractivity contribution in [2.45, 2.75) is 90.2 Å². The molecule has 4 aliphatic rings. The summed E-state index contributed by atoms with van der Waals surface area (Å²) in [5, 5.41) is 25.3. The molecule has 0 spiro atoms. The second kappa shape index (κ2) is 10.4. The minimum Gasteiger partial charge on any atom is -0.487 e. The van der Waals surface area contributed by atoms with Crippen LogP contribution in [0, 0.1) is 45.7 Å². The first-order valence-electron chi connectivity index (χ1n) is 14.2. The first kappa shape index (κ1) is 27.4. The summed E-state index contributed by atoms with van der Waals surface area (Å²) < 4.78 is 20.8. The molecule has 2 bridgehead atoms. The largest absolute Gasteiger partial charge is 0.487 e. The summed E-state index contributed by atoms with van der Waals surface area (Å²) in [7, 11) is 0. The Morgan fingerprint density at radius 2 is 1.79 bits per heavy atom. The number of fused-ring (bicyclic) bond motifs is 2. The molecule has 0 unspecified atom stereocenters. The van der Waals surface area contributed by atoms with Crippen LogP contribution >= 0.6 is 0 Å². The van der Waals surface area contributed by atoms with E-state index in [0.717, 1.165) is 38.2 Å². The van der Waals surface area contributed by atoms with Crippen molar-refractivity contribution < 1.29 is 28.6 Å². The molecule has 2 amide bonds. The molecule has 0 saturated heterocycles. The molecule has 4 atom stereocenters. The summed E-state index contributed by atoms with van der Waals surface area (Å²) >= 11 is 0. The number of rotatable bonds is 8. The van der Waals surface area contributed by atoms with Crippen LogP contribution in [0.1, 0.15) is 94.0 Å². The molecule has 4 saturated carbocycles. The van der Waals surface area contributed by atoms with Crippen molar-refractivity contribution in [3.05, 3.63) is 29.1 Å². The monoisotopic (exact) mass is 539 g/mol. The summed E-state index contributed by atoms with van der Waals surface area (Å²) in [5.41, 5.74) is -0.749. The van der Waals surface area contributed by atoms with Gasteiger partial charge in [-0.3, -0.25) is 14.4 Å². The van der Waals surface area contributed by atoms with Crippen molar-refractivity contribution in [3.63, 3.8) is 0 Å². The summed E-state index contributed by atoms with van der Waals surface area (Å²) in [4.78, 5) is 38.3. The number of nitrogens with one attached hydrogen (secondary N) is 2. The van der Waals surface area contributed by atoms with Crippen LogP contribution in [0.5, 0.6) is 5.75 Å². The number of benzene rings is 1. The Labute approximate surface area is 228 Å². The van der Waals surface area contributed by atoms with E-state index in [1.807, 2.05) is 6.07 Å². The number of amides is 2. The summed E-state index contributed by atoms with van der Waals surface area (Å²) in [6, 6.07) is 3.86. The first-order chi connectivity index (χ1) is 18.5. The Balaban J connectivity index is 1.29. The van der Waals surface area contributed by atoms with Crippen LogP contribution in [0.15, 0.2) is 12.1 Å². The second-order valence-electron chi connectivity index (χ2n) is 12.9. The van der Waals surface area contributed by atoms with Crippen LogP contribution in [0.2, 0.25) is 0 Å². The number of carboxylic acid groups (broad SMARTS) is 1. The lowest BCUT2D eigenvalue weighted by atomic mass is 9.70. The number of nitriles is 1. The summed E-state index contributed by atoms with van der Waals surface area (Å²) in [6.07, 6.45) is 7.53. The van der Waals surface area contributed by atoms with Gasteiger partial charge < -0.3 is 20.5 Å². The number of carbonyl (C=O) groups excluding carboxylic acids is 2. The Bertz CT molecular complexity index is 1200. The topological polar surface area (TPSA) is 129 Å². The smallest absolute Gasteiger partial charge is 0.309 e. The number of hydrogen-bond acceptors (Lipinski definition) is 5. The van der Waals surface area contributed by atoms with Gasteiger partial charge in [-0.25, -0.2) is 4.39 Å². The highest BCUT2D eigenvalue weighted by Crippen LogP contribution is 2.49. The zero-order chi connectivity index (χ0) is 27.9. The second-order valence-corrected chi connectivity index (χ2v) is 12.9.